The quantitative estimate of drug-likeness (QED) is 0.482. The van der Waals surface area contributed by atoms with Gasteiger partial charge in [0.1, 0.15) is 0 Å². The number of hydrogen-bond donors (Lipinski definition) is 1. The fourth-order valence-electron chi connectivity index (χ4n) is 4.43. The summed E-state index contributed by atoms with van der Waals surface area (Å²) in [6, 6.07) is 13.3. The van der Waals surface area contributed by atoms with Crippen LogP contribution in [0, 0.1) is 0 Å². The van der Waals surface area contributed by atoms with Crippen LogP contribution in [-0.4, -0.2) is 67.7 Å². The first-order valence-electron chi connectivity index (χ1n) is 11.7. The number of methoxy groups -OCH3 is 2. The van der Waals surface area contributed by atoms with Crippen molar-refractivity contribution in [3.8, 4) is 17.2 Å². The average Bonchev–Trinajstić information content (AvgIpc) is 3.33. The van der Waals surface area contributed by atoms with Gasteiger partial charge in [-0.15, -0.1) is 0 Å². The Balaban J connectivity index is 1.57. The van der Waals surface area contributed by atoms with E-state index in [1.165, 1.54) is 0 Å². The van der Waals surface area contributed by atoms with E-state index in [2.05, 4.69) is 15.3 Å². The van der Waals surface area contributed by atoms with Crippen LogP contribution in [0.3, 0.4) is 0 Å². The highest BCUT2D eigenvalue weighted by molar-refractivity contribution is 6.30. The molecule has 1 N–H and O–H groups in total. The number of carbonyl (C=O) groups is 1. The Bertz CT molecular complexity index is 1160. The molecule has 35 heavy (non-hydrogen) atoms. The molecule has 0 aliphatic carbocycles. The molecular weight excluding hydrogens is 468 g/mol. The van der Waals surface area contributed by atoms with Crippen LogP contribution in [0.15, 0.2) is 48.7 Å². The first-order chi connectivity index (χ1) is 17.0. The van der Waals surface area contributed by atoms with E-state index < -0.39 is 0 Å². The van der Waals surface area contributed by atoms with E-state index in [-0.39, 0.29) is 11.9 Å². The maximum Gasteiger partial charge on any atom is 0.254 e. The van der Waals surface area contributed by atoms with E-state index in [0.29, 0.717) is 48.3 Å². The zero-order valence-corrected chi connectivity index (χ0v) is 21.0. The van der Waals surface area contributed by atoms with Crippen LogP contribution >= 0.6 is 11.6 Å². The highest BCUT2D eigenvalue weighted by Crippen LogP contribution is 2.32. The minimum absolute atomic E-state index is 0.0456. The molecule has 1 saturated heterocycles. The van der Waals surface area contributed by atoms with Crippen molar-refractivity contribution in [1.82, 2.24) is 20.0 Å². The van der Waals surface area contributed by atoms with Crippen molar-refractivity contribution < 1.29 is 19.0 Å². The molecular formula is C26H31ClN4O4. The molecule has 9 heteroatoms. The topological polar surface area (TPSA) is 77.8 Å². The van der Waals surface area contributed by atoms with Gasteiger partial charge in [0, 0.05) is 24.7 Å². The van der Waals surface area contributed by atoms with E-state index in [1.54, 1.807) is 25.1 Å². The van der Waals surface area contributed by atoms with Crippen LogP contribution in [0.2, 0.25) is 5.02 Å². The lowest BCUT2D eigenvalue weighted by Crippen LogP contribution is -2.43. The van der Waals surface area contributed by atoms with Gasteiger partial charge in [-0.05, 0) is 42.3 Å². The average molecular weight is 499 g/mol. The van der Waals surface area contributed by atoms with E-state index in [9.17, 15) is 4.79 Å². The lowest BCUT2D eigenvalue weighted by molar-refractivity contribution is 0.0162. The standard InChI is InChI=1S/C26H31ClN4O4/c1-4-22-21(16-29-31(22)20-7-5-6-19(27)15-20)26(32)28-17-23(30-10-12-35-13-11-30)18-8-9-24(33-2)25(14-18)34-3/h5-9,14-16,23H,4,10-13,17H2,1-3H3,(H,28,32). The molecule has 0 saturated carbocycles. The highest BCUT2D eigenvalue weighted by atomic mass is 35.5. The van der Waals surface area contributed by atoms with Gasteiger partial charge in [-0.3, -0.25) is 9.69 Å². The third-order valence-corrected chi connectivity index (χ3v) is 6.47. The number of ether oxygens (including phenoxy) is 3. The predicted molar refractivity (Wildman–Crippen MR) is 135 cm³/mol. The molecule has 8 nitrogen and oxygen atoms in total. The van der Waals surface area contributed by atoms with Crippen LogP contribution in [0.4, 0.5) is 0 Å². The van der Waals surface area contributed by atoms with Crippen molar-refractivity contribution in [1.29, 1.82) is 0 Å². The van der Waals surface area contributed by atoms with Crippen molar-refractivity contribution in [3.05, 3.63) is 70.5 Å². The zero-order valence-electron chi connectivity index (χ0n) is 20.3. The Morgan fingerprint density at radius 2 is 1.91 bits per heavy atom. The number of nitrogens with one attached hydrogen (secondary N) is 1. The molecule has 0 spiro atoms. The summed E-state index contributed by atoms with van der Waals surface area (Å²) in [4.78, 5) is 15.6. The van der Waals surface area contributed by atoms with Gasteiger partial charge in [0.05, 0.1) is 56.6 Å². The van der Waals surface area contributed by atoms with E-state index in [0.717, 1.165) is 30.0 Å². The molecule has 186 valence electrons. The first kappa shape index (κ1) is 25.0. The van der Waals surface area contributed by atoms with E-state index in [1.807, 2.05) is 49.4 Å². The number of morpholine rings is 1. The van der Waals surface area contributed by atoms with Crippen LogP contribution in [0.1, 0.15) is 34.6 Å². The maximum absolute atomic E-state index is 13.3. The molecule has 1 fully saturated rings. The number of hydrogen-bond acceptors (Lipinski definition) is 6. The third kappa shape index (κ3) is 5.61. The molecule has 1 unspecified atom stereocenters. The fourth-order valence-corrected chi connectivity index (χ4v) is 4.61. The van der Waals surface area contributed by atoms with Crippen molar-refractivity contribution in [2.24, 2.45) is 0 Å². The molecule has 0 radical (unpaired) electrons. The molecule has 1 atom stereocenters. The zero-order chi connectivity index (χ0) is 24.8. The van der Waals surface area contributed by atoms with Gasteiger partial charge >= 0.3 is 0 Å². The fraction of sp³-hybridized carbons (Fsp3) is 0.385. The van der Waals surface area contributed by atoms with Gasteiger partial charge in [-0.25, -0.2) is 4.68 Å². The summed E-state index contributed by atoms with van der Waals surface area (Å²) in [5.41, 5.74) is 3.25. The van der Waals surface area contributed by atoms with Gasteiger partial charge in [0.2, 0.25) is 0 Å². The number of aromatic nitrogens is 2. The predicted octanol–water partition coefficient (Wildman–Crippen LogP) is 3.91. The van der Waals surface area contributed by atoms with Crippen LogP contribution in [0.5, 0.6) is 11.5 Å². The van der Waals surface area contributed by atoms with Crippen molar-refractivity contribution in [3.63, 3.8) is 0 Å². The molecule has 4 rings (SSSR count). The lowest BCUT2D eigenvalue weighted by Gasteiger charge is -2.35. The lowest BCUT2D eigenvalue weighted by atomic mass is 10.0. The monoisotopic (exact) mass is 498 g/mol. The molecule has 1 aliphatic heterocycles. The largest absolute Gasteiger partial charge is 0.493 e. The summed E-state index contributed by atoms with van der Waals surface area (Å²) in [5, 5.41) is 8.23. The number of nitrogens with zero attached hydrogens (tertiary/aromatic N) is 3. The first-order valence-corrected chi connectivity index (χ1v) is 12.1. The van der Waals surface area contributed by atoms with Crippen molar-refractivity contribution in [2.45, 2.75) is 19.4 Å². The second-order valence-electron chi connectivity index (χ2n) is 8.24. The second-order valence-corrected chi connectivity index (χ2v) is 8.68. The van der Waals surface area contributed by atoms with Gasteiger partial charge in [0.25, 0.3) is 5.91 Å². The minimum atomic E-state index is -0.158. The number of halogens is 1. The summed E-state index contributed by atoms with van der Waals surface area (Å²) in [6.45, 7) is 5.31. The summed E-state index contributed by atoms with van der Waals surface area (Å²) >= 11 is 6.17. The molecule has 1 aliphatic rings. The Hall–Kier alpha value is -3.07. The Labute approximate surface area is 210 Å². The highest BCUT2D eigenvalue weighted by Gasteiger charge is 2.25. The molecule has 1 aromatic heterocycles. The van der Waals surface area contributed by atoms with Crippen LogP contribution < -0.4 is 14.8 Å². The Kier molecular flexibility index (Phi) is 8.28. The Morgan fingerprint density at radius 1 is 1.14 bits per heavy atom. The number of carbonyl (C=O) groups excluding carboxylic acids is 1. The Morgan fingerprint density at radius 3 is 2.60 bits per heavy atom. The van der Waals surface area contributed by atoms with E-state index in [4.69, 9.17) is 25.8 Å². The smallest absolute Gasteiger partial charge is 0.254 e. The van der Waals surface area contributed by atoms with E-state index >= 15 is 0 Å². The van der Waals surface area contributed by atoms with Crippen molar-refractivity contribution >= 4 is 17.5 Å². The van der Waals surface area contributed by atoms with Gasteiger partial charge in [-0.1, -0.05) is 30.7 Å². The summed E-state index contributed by atoms with van der Waals surface area (Å²) in [6.07, 6.45) is 2.27. The van der Waals surface area contributed by atoms with Crippen LogP contribution in [0.25, 0.3) is 5.69 Å². The number of benzene rings is 2. The summed E-state index contributed by atoms with van der Waals surface area (Å²) < 4.78 is 18.2. The molecule has 1 amide bonds. The molecule has 3 aromatic rings. The maximum atomic E-state index is 13.3. The SMILES string of the molecule is CCc1c(C(=O)NCC(c2ccc(OC)c(OC)c2)N2CCOCC2)cnn1-c1cccc(Cl)c1. The van der Waals surface area contributed by atoms with Crippen molar-refractivity contribution in [2.75, 3.05) is 47.1 Å². The second kappa shape index (κ2) is 11.6. The van der Waals surface area contributed by atoms with Gasteiger partial charge < -0.3 is 19.5 Å². The molecule has 0 bridgehead atoms. The normalized spacial score (nSPS) is 15.0. The number of amides is 1. The van der Waals surface area contributed by atoms with Gasteiger partial charge in [-0.2, -0.15) is 5.10 Å². The summed E-state index contributed by atoms with van der Waals surface area (Å²) in [7, 11) is 3.24. The van der Waals surface area contributed by atoms with Crippen LogP contribution in [-0.2, 0) is 11.2 Å². The molecule has 2 heterocycles. The minimum Gasteiger partial charge on any atom is -0.493 e. The molecule has 2 aromatic carbocycles. The number of rotatable bonds is 9. The van der Waals surface area contributed by atoms with Gasteiger partial charge in [0.15, 0.2) is 11.5 Å². The third-order valence-electron chi connectivity index (χ3n) is 6.24. The summed E-state index contributed by atoms with van der Waals surface area (Å²) in [5.74, 6) is 1.17.